The normalized spacial score (nSPS) is 18.8. The quantitative estimate of drug-likeness (QED) is 0.407. The molecule has 0 bridgehead atoms. The molecule has 1 N–H and O–H groups in total. The van der Waals surface area contributed by atoms with E-state index in [-0.39, 0.29) is 11.9 Å². The monoisotopic (exact) mass is 508 g/mol. The Kier molecular flexibility index (Phi) is 6.49. The van der Waals surface area contributed by atoms with Crippen molar-refractivity contribution >= 4 is 24.0 Å². The van der Waals surface area contributed by atoms with E-state index in [0.717, 1.165) is 60.8 Å². The van der Waals surface area contributed by atoms with E-state index in [2.05, 4.69) is 45.3 Å². The summed E-state index contributed by atoms with van der Waals surface area (Å²) in [6, 6.07) is 10.1. The summed E-state index contributed by atoms with van der Waals surface area (Å²) in [4.78, 5) is 33.7. The van der Waals surface area contributed by atoms with E-state index in [1.54, 1.807) is 18.9 Å². The summed E-state index contributed by atoms with van der Waals surface area (Å²) in [5, 5.41) is 3.10. The predicted octanol–water partition coefficient (Wildman–Crippen LogP) is 3.89. The van der Waals surface area contributed by atoms with Gasteiger partial charge >= 0.3 is 0 Å². The average Bonchev–Trinajstić information content (AvgIpc) is 3.72. The lowest BCUT2D eigenvalue weighted by Gasteiger charge is -2.17. The topological polar surface area (TPSA) is 93.8 Å². The lowest BCUT2D eigenvalue weighted by atomic mass is 10.1. The van der Waals surface area contributed by atoms with Gasteiger partial charge in [0, 0.05) is 43.8 Å². The van der Waals surface area contributed by atoms with E-state index in [9.17, 15) is 4.79 Å². The molecule has 1 unspecified atom stereocenters. The molecular weight excluding hydrogens is 476 g/mol. The van der Waals surface area contributed by atoms with Crippen LogP contribution in [0.2, 0.25) is 0 Å². The lowest BCUT2D eigenvalue weighted by Crippen LogP contribution is -2.27. The minimum absolute atomic E-state index is 0.0761. The molecule has 3 aromatic heterocycles. The van der Waals surface area contributed by atoms with Gasteiger partial charge in [-0.15, -0.1) is 0 Å². The van der Waals surface area contributed by atoms with Crippen LogP contribution in [0, 0.1) is 5.92 Å². The van der Waals surface area contributed by atoms with E-state index >= 15 is 0 Å². The molecule has 0 radical (unpaired) electrons. The Labute approximate surface area is 222 Å². The van der Waals surface area contributed by atoms with Crippen LogP contribution < -0.4 is 10.2 Å². The second-order valence-electron chi connectivity index (χ2n) is 10.3. The minimum Gasteiger partial charge on any atom is -0.342 e. The van der Waals surface area contributed by atoms with Gasteiger partial charge < -0.3 is 19.4 Å². The van der Waals surface area contributed by atoms with E-state index in [1.807, 2.05) is 46.7 Å². The average molecular weight is 509 g/mol. The standard InChI is InChI=1S/C29H32N8O/c1-20-12-13-37(15-20)29-30-14-22(23(34-29)9-8-21-6-4-3-5-7-21)16-36-17-25(31-19-36)28(38)33-24-10-11-26-27(24)32-18-35(26)2/h3-9,14,17-20,24H,10-13,15-16H2,1-2H3,(H,33,38)/b9-8+/t20?,24-/m1/s1. The van der Waals surface area contributed by atoms with E-state index in [0.29, 0.717) is 18.2 Å². The fraction of sp³-hybridized carbons (Fsp3) is 0.345. The number of nitrogens with one attached hydrogen (secondary N) is 1. The van der Waals surface area contributed by atoms with Crippen molar-refractivity contribution in [2.45, 2.75) is 38.8 Å². The van der Waals surface area contributed by atoms with Gasteiger partial charge in [0.1, 0.15) is 5.69 Å². The summed E-state index contributed by atoms with van der Waals surface area (Å²) in [6.07, 6.45) is 14.2. The van der Waals surface area contributed by atoms with Crippen LogP contribution in [0.5, 0.6) is 0 Å². The Morgan fingerprint density at radius 1 is 1.11 bits per heavy atom. The molecule has 4 aromatic rings. The third-order valence-electron chi connectivity index (χ3n) is 7.44. The molecule has 1 saturated heterocycles. The number of hydrogen-bond donors (Lipinski definition) is 1. The van der Waals surface area contributed by atoms with Gasteiger partial charge in [0.25, 0.3) is 5.91 Å². The molecule has 1 fully saturated rings. The highest BCUT2D eigenvalue weighted by Crippen LogP contribution is 2.29. The molecule has 1 aromatic carbocycles. The number of rotatable bonds is 7. The van der Waals surface area contributed by atoms with Crippen molar-refractivity contribution in [2.75, 3.05) is 18.0 Å². The number of aryl methyl sites for hydroxylation is 1. The summed E-state index contributed by atoms with van der Waals surface area (Å²) in [7, 11) is 1.99. The summed E-state index contributed by atoms with van der Waals surface area (Å²) >= 11 is 0. The molecule has 4 heterocycles. The van der Waals surface area contributed by atoms with Crippen molar-refractivity contribution in [3.8, 4) is 0 Å². The Balaban J connectivity index is 1.20. The highest BCUT2D eigenvalue weighted by atomic mass is 16.2. The maximum absolute atomic E-state index is 13.0. The third kappa shape index (κ3) is 4.96. The fourth-order valence-corrected chi connectivity index (χ4v) is 5.30. The van der Waals surface area contributed by atoms with Gasteiger partial charge in [-0.3, -0.25) is 4.79 Å². The molecule has 38 heavy (non-hydrogen) atoms. The molecule has 0 spiro atoms. The fourth-order valence-electron chi connectivity index (χ4n) is 5.30. The van der Waals surface area contributed by atoms with Crippen molar-refractivity contribution < 1.29 is 4.79 Å². The molecule has 194 valence electrons. The Morgan fingerprint density at radius 3 is 2.79 bits per heavy atom. The summed E-state index contributed by atoms with van der Waals surface area (Å²) in [5.41, 5.74) is 5.47. The zero-order chi connectivity index (χ0) is 26.1. The highest BCUT2D eigenvalue weighted by Gasteiger charge is 2.28. The maximum atomic E-state index is 13.0. The first-order valence-electron chi connectivity index (χ1n) is 13.2. The van der Waals surface area contributed by atoms with E-state index in [1.165, 1.54) is 5.69 Å². The van der Waals surface area contributed by atoms with Gasteiger partial charge in [-0.1, -0.05) is 43.3 Å². The van der Waals surface area contributed by atoms with Crippen molar-refractivity contribution in [1.29, 1.82) is 0 Å². The first kappa shape index (κ1) is 24.1. The molecule has 1 amide bonds. The number of carbonyl (C=O) groups excluding carboxylic acids is 1. The Hall–Kier alpha value is -4.27. The van der Waals surface area contributed by atoms with Crippen LogP contribution >= 0.6 is 0 Å². The lowest BCUT2D eigenvalue weighted by molar-refractivity contribution is 0.0931. The second kappa shape index (κ2) is 10.2. The third-order valence-corrected chi connectivity index (χ3v) is 7.44. The minimum atomic E-state index is -0.189. The molecular formula is C29H32N8O. The van der Waals surface area contributed by atoms with Crippen LogP contribution in [0.1, 0.15) is 64.5 Å². The van der Waals surface area contributed by atoms with Gasteiger partial charge in [-0.25, -0.2) is 19.9 Å². The van der Waals surface area contributed by atoms with Gasteiger partial charge in [0.05, 0.1) is 36.6 Å². The number of amides is 1. The van der Waals surface area contributed by atoms with Crippen LogP contribution in [-0.2, 0) is 20.0 Å². The molecule has 0 saturated carbocycles. The van der Waals surface area contributed by atoms with Gasteiger partial charge in [-0.05, 0) is 36.8 Å². The number of hydrogen-bond acceptors (Lipinski definition) is 6. The number of anilines is 1. The molecule has 2 aliphatic rings. The number of carbonyl (C=O) groups is 1. The van der Waals surface area contributed by atoms with Crippen molar-refractivity contribution in [3.63, 3.8) is 0 Å². The Morgan fingerprint density at radius 2 is 1.97 bits per heavy atom. The molecule has 6 rings (SSSR count). The molecule has 9 nitrogen and oxygen atoms in total. The van der Waals surface area contributed by atoms with Crippen LogP contribution in [0.3, 0.4) is 0 Å². The number of imidazole rings is 2. The zero-order valence-corrected chi connectivity index (χ0v) is 21.8. The van der Waals surface area contributed by atoms with E-state index < -0.39 is 0 Å². The van der Waals surface area contributed by atoms with Gasteiger partial charge in [-0.2, -0.15) is 0 Å². The number of benzene rings is 1. The highest BCUT2D eigenvalue weighted by molar-refractivity contribution is 5.92. The first-order valence-corrected chi connectivity index (χ1v) is 13.2. The van der Waals surface area contributed by atoms with Crippen LogP contribution in [0.4, 0.5) is 5.95 Å². The van der Waals surface area contributed by atoms with Gasteiger partial charge in [0.2, 0.25) is 5.95 Å². The first-order chi connectivity index (χ1) is 18.5. The van der Waals surface area contributed by atoms with Crippen LogP contribution in [0.25, 0.3) is 12.2 Å². The zero-order valence-electron chi connectivity index (χ0n) is 21.8. The van der Waals surface area contributed by atoms with Gasteiger partial charge in [0.15, 0.2) is 0 Å². The predicted molar refractivity (Wildman–Crippen MR) is 146 cm³/mol. The SMILES string of the molecule is CC1CCN(c2ncc(Cn3cnc(C(=O)N[C@@H]4CCc5c4ncn5C)c3)c(/C=C/c3ccccc3)n2)C1. The molecule has 1 aliphatic heterocycles. The van der Waals surface area contributed by atoms with E-state index in [4.69, 9.17) is 9.97 Å². The second-order valence-corrected chi connectivity index (χ2v) is 10.3. The van der Waals surface area contributed by atoms with Crippen molar-refractivity contribution in [2.24, 2.45) is 13.0 Å². The number of aromatic nitrogens is 6. The van der Waals surface area contributed by atoms with Crippen LogP contribution in [-0.4, -0.2) is 48.1 Å². The summed E-state index contributed by atoms with van der Waals surface area (Å²) < 4.78 is 3.93. The van der Waals surface area contributed by atoms with Crippen molar-refractivity contribution in [3.05, 3.63) is 89.3 Å². The largest absolute Gasteiger partial charge is 0.342 e. The Bertz CT molecular complexity index is 1470. The molecule has 2 atom stereocenters. The summed E-state index contributed by atoms with van der Waals surface area (Å²) in [6.45, 7) is 4.73. The number of nitrogens with zero attached hydrogens (tertiary/aromatic N) is 7. The molecule has 9 heteroatoms. The van der Waals surface area contributed by atoms with Crippen LogP contribution in [0.15, 0.2) is 55.4 Å². The summed E-state index contributed by atoms with van der Waals surface area (Å²) in [5.74, 6) is 1.22. The maximum Gasteiger partial charge on any atom is 0.272 e. The smallest absolute Gasteiger partial charge is 0.272 e. The van der Waals surface area contributed by atoms with Crippen molar-refractivity contribution in [1.82, 2.24) is 34.4 Å². The number of fused-ring (bicyclic) bond motifs is 1. The molecule has 1 aliphatic carbocycles.